The van der Waals surface area contributed by atoms with Gasteiger partial charge in [0.1, 0.15) is 6.10 Å². The van der Waals surface area contributed by atoms with E-state index >= 15 is 0 Å². The molecule has 0 bridgehead atoms. The van der Waals surface area contributed by atoms with E-state index in [1.54, 1.807) is 0 Å². The number of carbonyl (C=O) groups is 1. The van der Waals surface area contributed by atoms with Crippen molar-refractivity contribution in [3.63, 3.8) is 0 Å². The predicted molar refractivity (Wildman–Crippen MR) is 74.6 cm³/mol. The predicted octanol–water partition coefficient (Wildman–Crippen LogP) is 2.52. The minimum absolute atomic E-state index is 0.0113. The zero-order chi connectivity index (χ0) is 13.6. The fourth-order valence-electron chi connectivity index (χ4n) is 4.71. The van der Waals surface area contributed by atoms with Gasteiger partial charge in [0.2, 0.25) is 0 Å². The molecule has 0 radical (unpaired) electrons. The molecule has 3 nitrogen and oxygen atoms in total. The normalized spacial score (nSPS) is 45.6. The highest BCUT2D eigenvalue weighted by Crippen LogP contribution is 2.56. The molecule has 3 aliphatic rings. The lowest BCUT2D eigenvalue weighted by molar-refractivity contribution is -0.145. The number of rotatable bonds is 2. The second-order valence-electron chi connectivity index (χ2n) is 6.96. The number of esters is 1. The Balaban J connectivity index is 1.84. The highest BCUT2D eigenvalue weighted by atomic mass is 16.6. The fourth-order valence-corrected chi connectivity index (χ4v) is 4.71. The molecule has 0 amide bonds. The van der Waals surface area contributed by atoms with Crippen LogP contribution in [0.2, 0.25) is 0 Å². The lowest BCUT2D eigenvalue weighted by Gasteiger charge is -2.50. The first-order valence-corrected chi connectivity index (χ1v) is 7.58. The van der Waals surface area contributed by atoms with E-state index < -0.39 is 0 Å². The Hall–Kier alpha value is -0.830. The Labute approximate surface area is 115 Å². The second-order valence-corrected chi connectivity index (χ2v) is 6.96. The van der Waals surface area contributed by atoms with E-state index in [0.29, 0.717) is 17.3 Å². The van der Waals surface area contributed by atoms with E-state index in [0.717, 1.165) is 19.4 Å². The zero-order valence-electron chi connectivity index (χ0n) is 12.1. The molecular weight excluding hydrogens is 238 g/mol. The lowest BCUT2D eigenvalue weighted by atomic mass is 9.55. The first-order valence-electron chi connectivity index (χ1n) is 7.58. The van der Waals surface area contributed by atoms with Crippen molar-refractivity contribution in [2.45, 2.75) is 45.1 Å². The average Bonchev–Trinajstić information content (AvgIpc) is 2.63. The van der Waals surface area contributed by atoms with Crippen LogP contribution in [0.15, 0.2) is 12.2 Å². The van der Waals surface area contributed by atoms with Gasteiger partial charge in [-0.2, -0.15) is 0 Å². The highest BCUT2D eigenvalue weighted by molar-refractivity contribution is 5.75. The third kappa shape index (κ3) is 2.03. The molecule has 2 saturated carbocycles. The van der Waals surface area contributed by atoms with E-state index in [2.05, 4.69) is 18.8 Å². The molecule has 106 valence electrons. The number of fused-ring (bicyclic) bond motifs is 2. The number of ether oxygens (including phenoxy) is 1. The van der Waals surface area contributed by atoms with Gasteiger partial charge >= 0.3 is 5.97 Å². The highest BCUT2D eigenvalue weighted by Gasteiger charge is 2.54. The maximum Gasteiger partial charge on any atom is 0.310 e. The van der Waals surface area contributed by atoms with Crippen LogP contribution in [0.1, 0.15) is 39.0 Å². The van der Waals surface area contributed by atoms with E-state index in [-0.39, 0.29) is 18.0 Å². The van der Waals surface area contributed by atoms with Crippen molar-refractivity contribution in [2.75, 3.05) is 13.6 Å². The molecule has 0 aromatic carbocycles. The Bertz CT molecular complexity index is 406. The number of hydrogen-bond acceptors (Lipinski definition) is 3. The molecule has 0 aromatic rings. The Morgan fingerprint density at radius 2 is 2.32 bits per heavy atom. The van der Waals surface area contributed by atoms with Gasteiger partial charge in [-0.3, -0.25) is 4.79 Å². The number of carbonyl (C=O) groups excluding carboxylic acids is 1. The number of hydrogen-bond donors (Lipinski definition) is 1. The van der Waals surface area contributed by atoms with Crippen LogP contribution in [0.25, 0.3) is 0 Å². The molecule has 19 heavy (non-hydrogen) atoms. The summed E-state index contributed by atoms with van der Waals surface area (Å²) in [4.78, 5) is 12.0. The van der Waals surface area contributed by atoms with Crippen LogP contribution in [-0.2, 0) is 9.53 Å². The molecule has 3 heteroatoms. The molecule has 1 heterocycles. The summed E-state index contributed by atoms with van der Waals surface area (Å²) in [7, 11) is 1.91. The number of nitrogens with one attached hydrogen (secondary N) is 1. The van der Waals surface area contributed by atoms with Crippen molar-refractivity contribution in [1.82, 2.24) is 5.32 Å². The Morgan fingerprint density at radius 1 is 1.53 bits per heavy atom. The summed E-state index contributed by atoms with van der Waals surface area (Å²) in [6.07, 6.45) is 5.96. The van der Waals surface area contributed by atoms with E-state index in [1.165, 1.54) is 24.8 Å². The Morgan fingerprint density at radius 3 is 3.05 bits per heavy atom. The SMILES string of the molecule is C=C1CCC[C@]2(C)C[C@H]3OC(=O)[C@@H](CNC)C3C[C@@H]12. The standard InChI is InChI=1S/C16H25NO2/c1-10-5-4-6-16(2)8-14-11(7-13(10)16)12(9-17-3)15(18)19-14/h11-14,17H,1,4-9H2,2-3H3/t11?,12-,13-,14+,16+/m0/s1. The third-order valence-electron chi connectivity index (χ3n) is 5.74. The zero-order valence-corrected chi connectivity index (χ0v) is 12.1. The maximum atomic E-state index is 12.0. The van der Waals surface area contributed by atoms with Crippen LogP contribution in [0.4, 0.5) is 0 Å². The van der Waals surface area contributed by atoms with Crippen LogP contribution in [0.5, 0.6) is 0 Å². The second kappa shape index (κ2) is 4.62. The molecule has 1 aliphatic heterocycles. The minimum Gasteiger partial charge on any atom is -0.462 e. The summed E-state index contributed by atoms with van der Waals surface area (Å²) in [6.45, 7) is 7.43. The van der Waals surface area contributed by atoms with Gasteiger partial charge in [-0.05, 0) is 50.5 Å². The smallest absolute Gasteiger partial charge is 0.310 e. The molecular formula is C16H25NO2. The first-order chi connectivity index (χ1) is 9.05. The maximum absolute atomic E-state index is 12.0. The summed E-state index contributed by atoms with van der Waals surface area (Å²) in [5.41, 5.74) is 1.72. The molecule has 0 aromatic heterocycles. The van der Waals surface area contributed by atoms with Gasteiger partial charge in [0.05, 0.1) is 5.92 Å². The summed E-state index contributed by atoms with van der Waals surface area (Å²) in [5.74, 6) is 1.05. The van der Waals surface area contributed by atoms with Crippen LogP contribution in [-0.4, -0.2) is 25.7 Å². The van der Waals surface area contributed by atoms with Gasteiger partial charge in [0.15, 0.2) is 0 Å². The van der Waals surface area contributed by atoms with Crippen LogP contribution >= 0.6 is 0 Å². The largest absolute Gasteiger partial charge is 0.462 e. The molecule has 1 saturated heterocycles. The van der Waals surface area contributed by atoms with E-state index in [1.807, 2.05) is 7.05 Å². The van der Waals surface area contributed by atoms with Gasteiger partial charge in [0, 0.05) is 12.5 Å². The van der Waals surface area contributed by atoms with Crippen LogP contribution in [0, 0.1) is 23.2 Å². The number of allylic oxidation sites excluding steroid dienone is 1. The van der Waals surface area contributed by atoms with E-state index in [4.69, 9.17) is 4.74 Å². The van der Waals surface area contributed by atoms with Gasteiger partial charge in [-0.25, -0.2) is 0 Å². The Kier molecular flexibility index (Phi) is 3.20. The monoisotopic (exact) mass is 263 g/mol. The molecule has 0 spiro atoms. The molecule has 2 aliphatic carbocycles. The molecule has 1 unspecified atom stereocenters. The molecule has 1 N–H and O–H groups in total. The first kappa shape index (κ1) is 13.2. The fraction of sp³-hybridized carbons (Fsp3) is 0.812. The van der Waals surface area contributed by atoms with Crippen LogP contribution in [0.3, 0.4) is 0 Å². The van der Waals surface area contributed by atoms with Crippen molar-refractivity contribution in [3.05, 3.63) is 12.2 Å². The molecule has 5 atom stereocenters. The quantitative estimate of drug-likeness (QED) is 0.614. The van der Waals surface area contributed by atoms with Crippen molar-refractivity contribution in [1.29, 1.82) is 0 Å². The topological polar surface area (TPSA) is 38.3 Å². The van der Waals surface area contributed by atoms with Crippen molar-refractivity contribution < 1.29 is 9.53 Å². The van der Waals surface area contributed by atoms with Crippen LogP contribution < -0.4 is 5.32 Å². The van der Waals surface area contributed by atoms with Crippen molar-refractivity contribution in [3.8, 4) is 0 Å². The minimum atomic E-state index is 0.0113. The summed E-state index contributed by atoms with van der Waals surface area (Å²) in [5, 5.41) is 3.14. The van der Waals surface area contributed by atoms with Gasteiger partial charge in [-0.1, -0.05) is 19.1 Å². The van der Waals surface area contributed by atoms with Crippen molar-refractivity contribution in [2.24, 2.45) is 23.2 Å². The van der Waals surface area contributed by atoms with Gasteiger partial charge in [-0.15, -0.1) is 0 Å². The lowest BCUT2D eigenvalue weighted by Crippen LogP contribution is -2.45. The average molecular weight is 263 g/mol. The summed E-state index contributed by atoms with van der Waals surface area (Å²) in [6, 6.07) is 0. The molecule has 3 rings (SSSR count). The van der Waals surface area contributed by atoms with Crippen molar-refractivity contribution >= 4 is 5.97 Å². The van der Waals surface area contributed by atoms with Gasteiger partial charge < -0.3 is 10.1 Å². The summed E-state index contributed by atoms with van der Waals surface area (Å²) < 4.78 is 5.67. The molecule has 3 fully saturated rings. The van der Waals surface area contributed by atoms with E-state index in [9.17, 15) is 4.79 Å². The summed E-state index contributed by atoms with van der Waals surface area (Å²) >= 11 is 0. The third-order valence-corrected chi connectivity index (χ3v) is 5.74. The van der Waals surface area contributed by atoms with Gasteiger partial charge in [0.25, 0.3) is 0 Å².